The van der Waals surface area contributed by atoms with Crippen molar-refractivity contribution < 1.29 is 9.53 Å². The number of benzene rings is 1. The molecule has 1 aromatic carbocycles. The summed E-state index contributed by atoms with van der Waals surface area (Å²) in [7, 11) is 0. The first-order valence-corrected chi connectivity index (χ1v) is 7.60. The highest BCUT2D eigenvalue weighted by Gasteiger charge is 2.31. The third-order valence-corrected chi connectivity index (χ3v) is 4.05. The maximum absolute atomic E-state index is 11.5. The van der Waals surface area contributed by atoms with Gasteiger partial charge in [-0.3, -0.25) is 4.79 Å². The molecule has 0 aliphatic carbocycles. The number of nitrogens with zero attached hydrogens (tertiary/aromatic N) is 1. The number of hydrogen-bond donors (Lipinski definition) is 1. The minimum atomic E-state index is -0.305. The summed E-state index contributed by atoms with van der Waals surface area (Å²) in [5.41, 5.74) is 1.80. The van der Waals surface area contributed by atoms with Crippen LogP contribution >= 0.6 is 23.2 Å². The van der Waals surface area contributed by atoms with Gasteiger partial charge in [-0.1, -0.05) is 11.6 Å². The first-order valence-electron chi connectivity index (χ1n) is 6.79. The third-order valence-electron chi connectivity index (χ3n) is 3.51. The number of hydrogen-bond acceptors (Lipinski definition) is 3. The lowest BCUT2D eigenvalue weighted by atomic mass is 9.90. The fourth-order valence-electron chi connectivity index (χ4n) is 2.59. The molecule has 112 valence electrons. The van der Waals surface area contributed by atoms with E-state index < -0.39 is 0 Å². The SMILES string of the molecule is CCOc1c(C(C)Cl)cc(Cl)c(C#N)c1C1CNC(=O)C1. The molecule has 1 aromatic rings. The van der Waals surface area contributed by atoms with Crippen molar-refractivity contribution in [2.75, 3.05) is 13.2 Å². The molecule has 1 aliphatic heterocycles. The van der Waals surface area contributed by atoms with Crippen molar-refractivity contribution >= 4 is 29.1 Å². The van der Waals surface area contributed by atoms with E-state index in [1.54, 1.807) is 6.07 Å². The predicted octanol–water partition coefficient (Wildman–Crippen LogP) is 3.51. The van der Waals surface area contributed by atoms with Gasteiger partial charge in [0.1, 0.15) is 11.8 Å². The van der Waals surface area contributed by atoms with Gasteiger partial charge in [-0.15, -0.1) is 11.6 Å². The maximum atomic E-state index is 11.5. The van der Waals surface area contributed by atoms with Crippen molar-refractivity contribution in [3.05, 3.63) is 27.8 Å². The summed E-state index contributed by atoms with van der Waals surface area (Å²) in [6.45, 7) is 4.61. The van der Waals surface area contributed by atoms with Crippen molar-refractivity contribution in [2.24, 2.45) is 0 Å². The van der Waals surface area contributed by atoms with Crippen molar-refractivity contribution in [3.63, 3.8) is 0 Å². The normalized spacial score (nSPS) is 19.0. The van der Waals surface area contributed by atoms with Crippen LogP contribution in [-0.4, -0.2) is 19.1 Å². The lowest BCUT2D eigenvalue weighted by molar-refractivity contribution is -0.119. The van der Waals surface area contributed by atoms with Gasteiger partial charge >= 0.3 is 0 Å². The van der Waals surface area contributed by atoms with Gasteiger partial charge in [-0.25, -0.2) is 0 Å². The Morgan fingerprint density at radius 3 is 2.81 bits per heavy atom. The summed E-state index contributed by atoms with van der Waals surface area (Å²) in [6.07, 6.45) is 0.325. The second kappa shape index (κ2) is 6.55. The van der Waals surface area contributed by atoms with Crippen molar-refractivity contribution in [1.82, 2.24) is 5.32 Å². The molecule has 1 amide bonds. The van der Waals surface area contributed by atoms with Gasteiger partial charge in [0.15, 0.2) is 0 Å². The summed E-state index contributed by atoms with van der Waals surface area (Å²) < 4.78 is 5.74. The Morgan fingerprint density at radius 2 is 2.33 bits per heavy atom. The van der Waals surface area contributed by atoms with Crippen LogP contribution in [0.2, 0.25) is 5.02 Å². The highest BCUT2D eigenvalue weighted by atomic mass is 35.5. The van der Waals surface area contributed by atoms with Gasteiger partial charge in [0.05, 0.1) is 22.6 Å². The van der Waals surface area contributed by atoms with Gasteiger partial charge in [0.2, 0.25) is 5.91 Å². The van der Waals surface area contributed by atoms with Crippen LogP contribution in [0.3, 0.4) is 0 Å². The van der Waals surface area contributed by atoms with E-state index >= 15 is 0 Å². The average Bonchev–Trinajstić information content (AvgIpc) is 2.86. The van der Waals surface area contributed by atoms with Crippen LogP contribution in [0.1, 0.15) is 48.3 Å². The number of nitrogens with one attached hydrogen (secondary N) is 1. The molecule has 0 bridgehead atoms. The van der Waals surface area contributed by atoms with Crippen LogP contribution in [0.4, 0.5) is 0 Å². The summed E-state index contributed by atoms with van der Waals surface area (Å²) in [4.78, 5) is 11.5. The Balaban J connectivity index is 2.67. The zero-order chi connectivity index (χ0) is 15.6. The standard InChI is InChI=1S/C15H16Cl2N2O2/c1-3-21-15-10(8(2)16)5-12(17)11(6-18)14(15)9-4-13(20)19-7-9/h5,8-9H,3-4,7H2,1-2H3,(H,19,20). The highest BCUT2D eigenvalue weighted by molar-refractivity contribution is 6.32. The summed E-state index contributed by atoms with van der Waals surface area (Å²) in [6, 6.07) is 3.80. The predicted molar refractivity (Wildman–Crippen MR) is 82.0 cm³/mol. The second-order valence-corrected chi connectivity index (χ2v) is 5.99. The average molecular weight is 327 g/mol. The lowest BCUT2D eigenvalue weighted by Gasteiger charge is -2.21. The first kappa shape index (κ1) is 15.9. The molecule has 1 aliphatic rings. The zero-order valence-corrected chi connectivity index (χ0v) is 13.4. The van der Waals surface area contributed by atoms with E-state index in [-0.39, 0.29) is 17.2 Å². The number of halogens is 2. The molecular weight excluding hydrogens is 311 g/mol. The van der Waals surface area contributed by atoms with E-state index in [1.165, 1.54) is 0 Å². The van der Waals surface area contributed by atoms with Crippen LogP contribution in [0.15, 0.2) is 6.07 Å². The van der Waals surface area contributed by atoms with Crippen molar-refractivity contribution in [1.29, 1.82) is 5.26 Å². The van der Waals surface area contributed by atoms with Crippen molar-refractivity contribution in [3.8, 4) is 11.8 Å². The maximum Gasteiger partial charge on any atom is 0.220 e. The van der Waals surface area contributed by atoms with E-state index in [2.05, 4.69) is 11.4 Å². The molecule has 1 N–H and O–H groups in total. The van der Waals surface area contributed by atoms with E-state index in [1.807, 2.05) is 13.8 Å². The van der Waals surface area contributed by atoms with Gasteiger partial charge in [0.25, 0.3) is 0 Å². The lowest BCUT2D eigenvalue weighted by Crippen LogP contribution is -2.14. The third kappa shape index (κ3) is 3.09. The van der Waals surface area contributed by atoms with Gasteiger partial charge in [-0.2, -0.15) is 5.26 Å². The molecule has 1 fully saturated rings. The van der Waals surface area contributed by atoms with E-state index in [0.717, 1.165) is 5.56 Å². The van der Waals surface area contributed by atoms with Gasteiger partial charge < -0.3 is 10.1 Å². The van der Waals surface area contributed by atoms with Crippen molar-refractivity contribution in [2.45, 2.75) is 31.6 Å². The Labute approximate surface area is 134 Å². The molecule has 1 heterocycles. The Kier molecular flexibility index (Phi) is 4.97. The zero-order valence-electron chi connectivity index (χ0n) is 11.9. The molecule has 1 saturated heterocycles. The van der Waals surface area contributed by atoms with E-state index in [4.69, 9.17) is 27.9 Å². The molecule has 2 unspecified atom stereocenters. The van der Waals surface area contributed by atoms with Crippen LogP contribution in [0.25, 0.3) is 0 Å². The van der Waals surface area contributed by atoms with Crippen LogP contribution in [0, 0.1) is 11.3 Å². The molecular formula is C15H16Cl2N2O2. The van der Waals surface area contributed by atoms with E-state index in [9.17, 15) is 10.1 Å². The molecule has 6 heteroatoms. The smallest absolute Gasteiger partial charge is 0.220 e. The van der Waals surface area contributed by atoms with Crippen LogP contribution in [0.5, 0.6) is 5.75 Å². The first-order chi connectivity index (χ1) is 9.99. The Bertz CT molecular complexity index is 609. The van der Waals surface area contributed by atoms with Gasteiger partial charge in [0, 0.05) is 30.0 Å². The number of alkyl halides is 1. The summed E-state index contributed by atoms with van der Waals surface area (Å²) in [5.74, 6) is 0.427. The molecule has 4 nitrogen and oxygen atoms in total. The number of carbonyl (C=O) groups excluding carboxylic acids is 1. The minimum absolute atomic E-state index is 0.0354. The minimum Gasteiger partial charge on any atom is -0.493 e. The second-order valence-electron chi connectivity index (χ2n) is 4.93. The topological polar surface area (TPSA) is 62.1 Å². The number of ether oxygens (including phenoxy) is 1. The molecule has 2 rings (SSSR count). The number of amides is 1. The molecule has 2 atom stereocenters. The fourth-order valence-corrected chi connectivity index (χ4v) is 3.01. The van der Waals surface area contributed by atoms with Gasteiger partial charge in [-0.05, 0) is 19.9 Å². The van der Waals surface area contributed by atoms with Crippen LogP contribution < -0.4 is 10.1 Å². The summed E-state index contributed by atoms with van der Waals surface area (Å²) >= 11 is 12.4. The molecule has 0 saturated carbocycles. The summed E-state index contributed by atoms with van der Waals surface area (Å²) in [5, 5.41) is 12.2. The monoisotopic (exact) mass is 326 g/mol. The Morgan fingerprint density at radius 1 is 1.62 bits per heavy atom. The highest BCUT2D eigenvalue weighted by Crippen LogP contribution is 2.43. The fraction of sp³-hybridized carbons (Fsp3) is 0.467. The Hall–Kier alpha value is -1.44. The number of rotatable bonds is 4. The molecule has 21 heavy (non-hydrogen) atoms. The van der Waals surface area contributed by atoms with Crippen LogP contribution in [-0.2, 0) is 4.79 Å². The molecule has 0 radical (unpaired) electrons. The molecule has 0 spiro atoms. The molecule has 0 aromatic heterocycles. The largest absolute Gasteiger partial charge is 0.493 e. The van der Waals surface area contributed by atoms with E-state index in [0.29, 0.717) is 41.5 Å². The quantitative estimate of drug-likeness (QED) is 0.861. The number of nitriles is 1. The number of carbonyl (C=O) groups is 1.